The standard InChI is InChI=1S/C19H20FN3O5S/c1-13-10-14(7-8-18(13)23(25)26)19(24)22-9-3-5-16(12-22)21-29(27,28)17-6-2-4-15(20)11-17/h2,4,6-8,10-11,16,21H,3,5,9,12H2,1H3. The molecule has 3 rings (SSSR count). The molecule has 0 aromatic heterocycles. The molecule has 1 fully saturated rings. The van der Waals surface area contributed by atoms with Gasteiger partial charge in [-0.3, -0.25) is 14.9 Å². The molecule has 0 radical (unpaired) electrons. The van der Waals surface area contributed by atoms with Gasteiger partial charge in [0.2, 0.25) is 10.0 Å². The topological polar surface area (TPSA) is 110 Å². The van der Waals surface area contributed by atoms with Crippen molar-refractivity contribution in [3.05, 3.63) is 69.5 Å². The van der Waals surface area contributed by atoms with Crippen LogP contribution in [0, 0.1) is 22.9 Å². The highest BCUT2D eigenvalue weighted by Crippen LogP contribution is 2.22. The molecule has 2 aromatic carbocycles. The maximum atomic E-state index is 13.4. The van der Waals surface area contributed by atoms with Gasteiger partial charge in [-0.05, 0) is 50.1 Å². The van der Waals surface area contributed by atoms with E-state index >= 15 is 0 Å². The number of nitrogens with one attached hydrogen (secondary N) is 1. The summed E-state index contributed by atoms with van der Waals surface area (Å²) in [6.07, 6.45) is 1.13. The number of nitrogens with zero attached hydrogens (tertiary/aromatic N) is 2. The van der Waals surface area contributed by atoms with Crippen LogP contribution in [0.4, 0.5) is 10.1 Å². The molecular formula is C19H20FN3O5S. The van der Waals surface area contributed by atoms with Gasteiger partial charge in [-0.1, -0.05) is 6.07 Å². The quantitative estimate of drug-likeness (QED) is 0.590. The molecule has 1 atom stereocenters. The van der Waals surface area contributed by atoms with Crippen molar-refractivity contribution in [2.24, 2.45) is 0 Å². The average molecular weight is 421 g/mol. The van der Waals surface area contributed by atoms with E-state index in [1.165, 1.54) is 35.2 Å². The summed E-state index contributed by atoms with van der Waals surface area (Å²) >= 11 is 0. The van der Waals surface area contributed by atoms with E-state index in [0.29, 0.717) is 30.5 Å². The third-order valence-corrected chi connectivity index (χ3v) is 6.30. The maximum Gasteiger partial charge on any atom is 0.272 e. The second-order valence-electron chi connectivity index (χ2n) is 6.93. The first-order chi connectivity index (χ1) is 13.7. The summed E-state index contributed by atoms with van der Waals surface area (Å²) in [7, 11) is -3.92. The van der Waals surface area contributed by atoms with Gasteiger partial charge in [0.15, 0.2) is 0 Å². The molecule has 0 aliphatic carbocycles. The lowest BCUT2D eigenvalue weighted by Crippen LogP contribution is -2.49. The summed E-state index contributed by atoms with van der Waals surface area (Å²) in [6.45, 7) is 2.16. The van der Waals surface area contributed by atoms with Crippen molar-refractivity contribution in [1.29, 1.82) is 0 Å². The zero-order chi connectivity index (χ0) is 21.2. The van der Waals surface area contributed by atoms with Crippen LogP contribution in [-0.2, 0) is 10.0 Å². The molecule has 1 aliphatic rings. The fourth-order valence-corrected chi connectivity index (χ4v) is 4.65. The van der Waals surface area contributed by atoms with Crippen molar-refractivity contribution >= 4 is 21.6 Å². The minimum atomic E-state index is -3.92. The molecule has 8 nitrogen and oxygen atoms in total. The summed E-state index contributed by atoms with van der Waals surface area (Å²) in [5.41, 5.74) is 0.615. The number of rotatable bonds is 5. The van der Waals surface area contributed by atoms with E-state index in [2.05, 4.69) is 4.72 Å². The SMILES string of the molecule is Cc1cc(C(=O)N2CCCC(NS(=O)(=O)c3cccc(F)c3)C2)ccc1[N+](=O)[O-]. The molecule has 0 saturated carbocycles. The van der Waals surface area contributed by atoms with Crippen LogP contribution >= 0.6 is 0 Å². The van der Waals surface area contributed by atoms with Gasteiger partial charge >= 0.3 is 0 Å². The molecule has 0 spiro atoms. The minimum Gasteiger partial charge on any atom is -0.337 e. The lowest BCUT2D eigenvalue weighted by molar-refractivity contribution is -0.385. The van der Waals surface area contributed by atoms with Crippen molar-refractivity contribution in [2.45, 2.75) is 30.7 Å². The number of aryl methyl sites for hydroxylation is 1. The highest BCUT2D eigenvalue weighted by molar-refractivity contribution is 7.89. The fraction of sp³-hybridized carbons (Fsp3) is 0.316. The Hall–Kier alpha value is -2.85. The maximum absolute atomic E-state index is 13.4. The molecule has 154 valence electrons. The Kier molecular flexibility index (Phi) is 5.94. The number of hydrogen-bond acceptors (Lipinski definition) is 5. The van der Waals surface area contributed by atoms with Gasteiger partial charge in [0.25, 0.3) is 11.6 Å². The van der Waals surface area contributed by atoms with Crippen molar-refractivity contribution in [2.75, 3.05) is 13.1 Å². The fourth-order valence-electron chi connectivity index (χ4n) is 3.36. The van der Waals surface area contributed by atoms with Gasteiger partial charge in [0, 0.05) is 36.3 Å². The zero-order valence-corrected chi connectivity index (χ0v) is 16.5. The van der Waals surface area contributed by atoms with E-state index in [1.807, 2.05) is 0 Å². The van der Waals surface area contributed by atoms with Crippen LogP contribution in [0.3, 0.4) is 0 Å². The number of nitro benzene ring substituents is 1. The third-order valence-electron chi connectivity index (χ3n) is 4.78. The highest BCUT2D eigenvalue weighted by atomic mass is 32.2. The van der Waals surface area contributed by atoms with Crippen LogP contribution in [0.5, 0.6) is 0 Å². The number of benzene rings is 2. The van der Waals surface area contributed by atoms with E-state index in [-0.39, 0.29) is 23.0 Å². The van der Waals surface area contributed by atoms with Crippen LogP contribution in [0.25, 0.3) is 0 Å². The van der Waals surface area contributed by atoms with Gasteiger partial charge in [0.05, 0.1) is 9.82 Å². The molecule has 1 aliphatic heterocycles. The van der Waals surface area contributed by atoms with E-state index in [0.717, 1.165) is 12.1 Å². The first-order valence-corrected chi connectivity index (χ1v) is 10.5. The van der Waals surface area contributed by atoms with Crippen molar-refractivity contribution < 1.29 is 22.5 Å². The molecule has 2 aromatic rings. The number of halogens is 1. The predicted molar refractivity (Wildman–Crippen MR) is 103 cm³/mol. The molecule has 1 amide bonds. The minimum absolute atomic E-state index is 0.0686. The van der Waals surface area contributed by atoms with Gasteiger partial charge in [-0.2, -0.15) is 0 Å². The number of hydrogen-bond donors (Lipinski definition) is 1. The van der Waals surface area contributed by atoms with Crippen LogP contribution in [0.2, 0.25) is 0 Å². The first kappa shape index (κ1) is 20.9. The number of carbonyl (C=O) groups is 1. The molecule has 1 saturated heterocycles. The third kappa shape index (κ3) is 4.77. The summed E-state index contributed by atoms with van der Waals surface area (Å²) in [6, 6.07) is 8.35. The Balaban J connectivity index is 1.73. The van der Waals surface area contributed by atoms with E-state index < -0.39 is 26.8 Å². The van der Waals surface area contributed by atoms with Gasteiger partial charge in [-0.25, -0.2) is 17.5 Å². The molecule has 1 heterocycles. The smallest absolute Gasteiger partial charge is 0.272 e. The summed E-state index contributed by atoms with van der Waals surface area (Å²) in [5, 5.41) is 10.9. The first-order valence-electron chi connectivity index (χ1n) is 8.99. The zero-order valence-electron chi connectivity index (χ0n) is 15.7. The molecular weight excluding hydrogens is 401 g/mol. The highest BCUT2D eigenvalue weighted by Gasteiger charge is 2.28. The Morgan fingerprint density at radius 3 is 2.69 bits per heavy atom. The second kappa shape index (κ2) is 8.26. The monoisotopic (exact) mass is 421 g/mol. The summed E-state index contributed by atoms with van der Waals surface area (Å²) in [4.78, 5) is 24.6. The largest absolute Gasteiger partial charge is 0.337 e. The lowest BCUT2D eigenvalue weighted by atomic mass is 10.0. The number of carbonyl (C=O) groups excluding carboxylic acids is 1. The van der Waals surface area contributed by atoms with Gasteiger partial charge in [0.1, 0.15) is 5.82 Å². The van der Waals surface area contributed by atoms with Gasteiger partial charge < -0.3 is 4.90 Å². The number of likely N-dealkylation sites (tertiary alicyclic amines) is 1. The van der Waals surface area contributed by atoms with Gasteiger partial charge in [-0.15, -0.1) is 0 Å². The van der Waals surface area contributed by atoms with E-state index in [4.69, 9.17) is 0 Å². The van der Waals surface area contributed by atoms with Crippen molar-refractivity contribution in [3.63, 3.8) is 0 Å². The average Bonchev–Trinajstić information content (AvgIpc) is 2.67. The summed E-state index contributed by atoms with van der Waals surface area (Å²) < 4.78 is 40.9. The van der Waals surface area contributed by atoms with Crippen LogP contribution in [-0.4, -0.2) is 43.3 Å². The summed E-state index contributed by atoms with van der Waals surface area (Å²) in [5.74, 6) is -0.973. The Labute approximate surface area is 167 Å². The molecule has 1 N–H and O–H groups in total. The normalized spacial score (nSPS) is 17.2. The van der Waals surface area contributed by atoms with Crippen molar-refractivity contribution in [1.82, 2.24) is 9.62 Å². The number of nitro groups is 1. The molecule has 0 bridgehead atoms. The Morgan fingerprint density at radius 2 is 2.03 bits per heavy atom. The Morgan fingerprint density at radius 1 is 1.28 bits per heavy atom. The number of piperidine rings is 1. The lowest BCUT2D eigenvalue weighted by Gasteiger charge is -2.33. The Bertz CT molecular complexity index is 1060. The van der Waals surface area contributed by atoms with E-state index in [9.17, 15) is 27.7 Å². The molecule has 10 heteroatoms. The van der Waals surface area contributed by atoms with Crippen LogP contribution in [0.15, 0.2) is 47.4 Å². The number of sulfonamides is 1. The predicted octanol–water partition coefficient (Wildman–Crippen LogP) is 2.63. The number of amides is 1. The van der Waals surface area contributed by atoms with Crippen LogP contribution in [0.1, 0.15) is 28.8 Å². The van der Waals surface area contributed by atoms with Crippen molar-refractivity contribution in [3.8, 4) is 0 Å². The van der Waals surface area contributed by atoms with E-state index in [1.54, 1.807) is 6.92 Å². The molecule has 1 unspecified atom stereocenters. The second-order valence-corrected chi connectivity index (χ2v) is 8.64. The molecule has 29 heavy (non-hydrogen) atoms. The van der Waals surface area contributed by atoms with Crippen LogP contribution < -0.4 is 4.72 Å².